The lowest BCUT2D eigenvalue weighted by Gasteiger charge is -2.11. The maximum absolute atomic E-state index is 6.38. The van der Waals surface area contributed by atoms with E-state index in [-0.39, 0.29) is 5.92 Å². The van der Waals surface area contributed by atoms with Crippen molar-refractivity contribution in [2.24, 2.45) is 0 Å². The van der Waals surface area contributed by atoms with Crippen LogP contribution in [-0.2, 0) is 0 Å². The van der Waals surface area contributed by atoms with Crippen LogP contribution in [0.1, 0.15) is 25.6 Å². The van der Waals surface area contributed by atoms with E-state index in [1.165, 1.54) is 0 Å². The van der Waals surface area contributed by atoms with Gasteiger partial charge in [0.25, 0.3) is 0 Å². The van der Waals surface area contributed by atoms with Crippen molar-refractivity contribution in [1.29, 1.82) is 0 Å². The molecule has 0 fully saturated rings. The largest absolute Gasteiger partial charge is 0.280 e. The van der Waals surface area contributed by atoms with Crippen LogP contribution in [0, 0.1) is 0 Å². The quantitative estimate of drug-likeness (QED) is 0.607. The third kappa shape index (κ3) is 1.89. The first-order valence-electron chi connectivity index (χ1n) is 7.11. The number of pyridine rings is 1. The smallest absolute Gasteiger partial charge is 0.164 e. The van der Waals surface area contributed by atoms with Crippen LogP contribution in [0.4, 0.5) is 0 Å². The molecule has 0 aliphatic carbocycles. The third-order valence-electron chi connectivity index (χ3n) is 3.70. The molecule has 0 atom stereocenters. The Balaban J connectivity index is 2.08. The lowest BCUT2D eigenvalue weighted by atomic mass is 10.2. The molecular weight excluding hydrogens is 298 g/mol. The lowest BCUT2D eigenvalue weighted by molar-refractivity contribution is 0.758. The van der Waals surface area contributed by atoms with Crippen LogP contribution in [0.25, 0.3) is 27.8 Å². The topological polar surface area (TPSA) is 59.4 Å². The molecule has 0 radical (unpaired) electrons. The van der Waals surface area contributed by atoms with E-state index in [2.05, 4.69) is 33.6 Å². The number of fused-ring (bicyclic) bond motifs is 2. The summed E-state index contributed by atoms with van der Waals surface area (Å²) in [7, 11) is 0. The van der Waals surface area contributed by atoms with Crippen molar-refractivity contribution in [3.05, 3.63) is 47.5 Å². The first-order chi connectivity index (χ1) is 10.6. The second-order valence-corrected chi connectivity index (χ2v) is 5.98. The van der Waals surface area contributed by atoms with Gasteiger partial charge in [0.15, 0.2) is 5.65 Å². The summed E-state index contributed by atoms with van der Waals surface area (Å²) in [6.07, 6.45) is 3.55. The summed E-state index contributed by atoms with van der Waals surface area (Å²) in [5.41, 5.74) is 3.51. The minimum atomic E-state index is 0.271. The second-order valence-electron chi connectivity index (χ2n) is 5.57. The van der Waals surface area contributed by atoms with Crippen molar-refractivity contribution in [2.45, 2.75) is 19.8 Å². The molecule has 1 N–H and O–H groups in total. The molecule has 0 saturated heterocycles. The summed E-state index contributed by atoms with van der Waals surface area (Å²) in [5.74, 6) is 1.24. The minimum absolute atomic E-state index is 0.271. The van der Waals surface area contributed by atoms with Crippen molar-refractivity contribution < 1.29 is 0 Å². The molecule has 3 aromatic heterocycles. The Kier molecular flexibility index (Phi) is 2.90. The van der Waals surface area contributed by atoms with Gasteiger partial charge in [0, 0.05) is 17.5 Å². The average molecular weight is 312 g/mol. The molecule has 0 unspecified atom stereocenters. The van der Waals surface area contributed by atoms with Crippen molar-refractivity contribution >= 4 is 33.7 Å². The number of nitrogens with one attached hydrogen (secondary N) is 1. The van der Waals surface area contributed by atoms with Gasteiger partial charge in [-0.05, 0) is 24.3 Å². The van der Waals surface area contributed by atoms with Gasteiger partial charge in [-0.15, -0.1) is 0 Å². The molecule has 3 heterocycles. The predicted molar refractivity (Wildman–Crippen MR) is 87.6 cm³/mol. The maximum atomic E-state index is 6.38. The molecule has 0 amide bonds. The maximum Gasteiger partial charge on any atom is 0.164 e. The van der Waals surface area contributed by atoms with Gasteiger partial charge in [0.2, 0.25) is 0 Å². The van der Waals surface area contributed by atoms with Crippen LogP contribution in [0.15, 0.2) is 36.7 Å². The Bertz CT molecular complexity index is 983. The van der Waals surface area contributed by atoms with Gasteiger partial charge in [-0.1, -0.05) is 25.4 Å². The van der Waals surface area contributed by atoms with E-state index >= 15 is 0 Å². The summed E-state index contributed by atoms with van der Waals surface area (Å²) in [5, 5.41) is 8.57. The van der Waals surface area contributed by atoms with Gasteiger partial charge in [0.05, 0.1) is 22.4 Å². The summed E-state index contributed by atoms with van der Waals surface area (Å²) in [4.78, 5) is 9.21. The average Bonchev–Trinajstić information content (AvgIpc) is 3.11. The summed E-state index contributed by atoms with van der Waals surface area (Å²) in [6, 6.07) is 7.84. The number of halogens is 1. The summed E-state index contributed by atoms with van der Waals surface area (Å²) < 4.78 is 2.07. The Morgan fingerprint density at radius 1 is 1.27 bits per heavy atom. The first-order valence-corrected chi connectivity index (χ1v) is 7.49. The SMILES string of the molecule is CC(C)c1nc2cccnc2n1-c1cc(Cl)c2[nH]ncc2c1. The molecule has 0 bridgehead atoms. The molecule has 5 nitrogen and oxygen atoms in total. The van der Waals surface area contributed by atoms with Gasteiger partial charge in [-0.2, -0.15) is 5.10 Å². The number of benzene rings is 1. The Morgan fingerprint density at radius 3 is 2.95 bits per heavy atom. The van der Waals surface area contributed by atoms with E-state index < -0.39 is 0 Å². The van der Waals surface area contributed by atoms with Crippen LogP contribution < -0.4 is 0 Å². The molecule has 4 aromatic rings. The highest BCUT2D eigenvalue weighted by atomic mass is 35.5. The molecule has 110 valence electrons. The summed E-state index contributed by atoms with van der Waals surface area (Å²) in [6.45, 7) is 4.24. The van der Waals surface area contributed by atoms with Crippen LogP contribution >= 0.6 is 11.6 Å². The standard InChI is InChI=1S/C16H14ClN5/c1-9(2)15-20-13-4-3-5-18-16(13)22(15)11-6-10-8-19-21-14(10)12(17)7-11/h3-9H,1-2H3,(H,19,21). The molecule has 0 aliphatic rings. The molecule has 1 aromatic carbocycles. The number of hydrogen-bond acceptors (Lipinski definition) is 3. The first kappa shape index (κ1) is 13.3. The zero-order valence-electron chi connectivity index (χ0n) is 12.2. The molecule has 0 saturated carbocycles. The highest BCUT2D eigenvalue weighted by molar-refractivity contribution is 6.35. The van der Waals surface area contributed by atoms with Gasteiger partial charge in [0.1, 0.15) is 11.3 Å². The molecule has 22 heavy (non-hydrogen) atoms. The number of hydrogen-bond donors (Lipinski definition) is 1. The van der Waals surface area contributed by atoms with E-state index in [1.807, 2.05) is 24.3 Å². The van der Waals surface area contributed by atoms with Crippen LogP contribution in [0.5, 0.6) is 0 Å². The third-order valence-corrected chi connectivity index (χ3v) is 4.00. The lowest BCUT2D eigenvalue weighted by Crippen LogP contribution is -2.03. The fourth-order valence-electron chi connectivity index (χ4n) is 2.70. The Labute approximate surface area is 132 Å². The van der Waals surface area contributed by atoms with Crippen molar-refractivity contribution in [3.63, 3.8) is 0 Å². The number of H-pyrrole nitrogens is 1. The van der Waals surface area contributed by atoms with Crippen LogP contribution in [-0.4, -0.2) is 24.7 Å². The molecule has 0 spiro atoms. The zero-order chi connectivity index (χ0) is 15.3. The Hall–Kier alpha value is -2.40. The van der Waals surface area contributed by atoms with E-state index in [0.29, 0.717) is 5.02 Å². The normalized spacial score (nSPS) is 11.8. The van der Waals surface area contributed by atoms with E-state index in [0.717, 1.165) is 33.6 Å². The van der Waals surface area contributed by atoms with Gasteiger partial charge in [-0.25, -0.2) is 9.97 Å². The number of imidazole rings is 1. The fourth-order valence-corrected chi connectivity index (χ4v) is 2.96. The van der Waals surface area contributed by atoms with Gasteiger partial charge < -0.3 is 0 Å². The van der Waals surface area contributed by atoms with E-state index in [1.54, 1.807) is 12.4 Å². The monoisotopic (exact) mass is 311 g/mol. The van der Waals surface area contributed by atoms with Crippen molar-refractivity contribution in [2.75, 3.05) is 0 Å². The highest BCUT2D eigenvalue weighted by Gasteiger charge is 2.17. The Morgan fingerprint density at radius 2 is 2.14 bits per heavy atom. The van der Waals surface area contributed by atoms with Crippen LogP contribution in [0.2, 0.25) is 5.02 Å². The number of rotatable bonds is 2. The second kappa shape index (κ2) is 4.81. The predicted octanol–water partition coefficient (Wildman–Crippen LogP) is 4.07. The van der Waals surface area contributed by atoms with Crippen molar-refractivity contribution in [3.8, 4) is 5.69 Å². The number of nitrogens with zero attached hydrogens (tertiary/aromatic N) is 4. The number of aromatic nitrogens is 5. The minimum Gasteiger partial charge on any atom is -0.280 e. The molecule has 6 heteroatoms. The molecular formula is C16H14ClN5. The number of aromatic amines is 1. The van der Waals surface area contributed by atoms with Crippen LogP contribution in [0.3, 0.4) is 0 Å². The summed E-state index contributed by atoms with van der Waals surface area (Å²) >= 11 is 6.38. The van der Waals surface area contributed by atoms with E-state index in [4.69, 9.17) is 16.6 Å². The zero-order valence-corrected chi connectivity index (χ0v) is 13.0. The fraction of sp³-hybridized carbons (Fsp3) is 0.188. The van der Waals surface area contributed by atoms with Crippen molar-refractivity contribution in [1.82, 2.24) is 24.7 Å². The molecule has 0 aliphatic heterocycles. The van der Waals surface area contributed by atoms with E-state index in [9.17, 15) is 0 Å². The van der Waals surface area contributed by atoms with Gasteiger partial charge in [-0.3, -0.25) is 9.67 Å². The highest BCUT2D eigenvalue weighted by Crippen LogP contribution is 2.30. The van der Waals surface area contributed by atoms with Gasteiger partial charge >= 0.3 is 0 Å². The molecule has 4 rings (SSSR count).